The first-order chi connectivity index (χ1) is 12.8. The normalized spacial score (nSPS) is 15.6. The molecule has 1 aromatic rings. The SMILES string of the molecule is CC1=C(O)C(/C=C(\CCCCCc2cccnc2)C(=O)O)=C(C)C(=O)C1=O. The number of ketones is 2. The molecule has 0 saturated carbocycles. The Morgan fingerprint density at radius 3 is 2.44 bits per heavy atom. The van der Waals surface area contributed by atoms with Crippen LogP contribution in [-0.2, 0) is 20.8 Å². The Kier molecular flexibility index (Phi) is 6.82. The van der Waals surface area contributed by atoms with Gasteiger partial charge in [-0.2, -0.15) is 0 Å². The molecule has 6 heteroatoms. The molecule has 0 saturated heterocycles. The van der Waals surface area contributed by atoms with Crippen LogP contribution in [0.15, 0.2) is 58.7 Å². The fraction of sp³-hybridized carbons (Fsp3) is 0.333. The summed E-state index contributed by atoms with van der Waals surface area (Å²) in [6.45, 7) is 2.77. The van der Waals surface area contributed by atoms with Gasteiger partial charge >= 0.3 is 5.97 Å². The second kappa shape index (κ2) is 9.07. The lowest BCUT2D eigenvalue weighted by molar-refractivity contribution is -0.132. The molecule has 0 fully saturated rings. The van der Waals surface area contributed by atoms with Crippen molar-refractivity contribution in [2.45, 2.75) is 46.0 Å². The van der Waals surface area contributed by atoms with E-state index in [0.717, 1.165) is 24.8 Å². The Balaban J connectivity index is 2.03. The van der Waals surface area contributed by atoms with Gasteiger partial charge in [-0.3, -0.25) is 14.6 Å². The highest BCUT2D eigenvalue weighted by molar-refractivity contribution is 6.50. The zero-order valence-electron chi connectivity index (χ0n) is 15.5. The number of nitrogens with zero attached hydrogens (tertiary/aromatic N) is 1. The number of carboxylic acid groups (broad SMARTS) is 1. The van der Waals surface area contributed by atoms with Crippen LogP contribution in [0.2, 0.25) is 0 Å². The Morgan fingerprint density at radius 2 is 1.81 bits per heavy atom. The number of aliphatic hydroxyl groups excluding tert-OH is 1. The molecular formula is C21H23NO5. The number of carbonyl (C=O) groups is 3. The topological polar surface area (TPSA) is 105 Å². The lowest BCUT2D eigenvalue weighted by Gasteiger charge is -2.16. The van der Waals surface area contributed by atoms with Gasteiger partial charge in [0.25, 0.3) is 0 Å². The van der Waals surface area contributed by atoms with Crippen LogP contribution in [0.3, 0.4) is 0 Å². The van der Waals surface area contributed by atoms with Gasteiger partial charge in [-0.05, 0) is 57.2 Å². The van der Waals surface area contributed by atoms with Crippen LogP contribution < -0.4 is 0 Å². The van der Waals surface area contributed by atoms with Crippen molar-refractivity contribution in [2.75, 3.05) is 0 Å². The van der Waals surface area contributed by atoms with Crippen LogP contribution in [-0.4, -0.2) is 32.7 Å². The summed E-state index contributed by atoms with van der Waals surface area (Å²) in [6.07, 6.45) is 8.46. The van der Waals surface area contributed by atoms with E-state index < -0.39 is 17.5 Å². The van der Waals surface area contributed by atoms with Gasteiger partial charge in [0.2, 0.25) is 11.6 Å². The molecule has 0 unspecified atom stereocenters. The van der Waals surface area contributed by atoms with Crippen LogP contribution in [0.4, 0.5) is 0 Å². The Labute approximate surface area is 157 Å². The van der Waals surface area contributed by atoms with Gasteiger partial charge in [-0.15, -0.1) is 0 Å². The number of aromatic nitrogens is 1. The number of carboxylic acids is 1. The van der Waals surface area contributed by atoms with Crippen LogP contribution in [0, 0.1) is 0 Å². The van der Waals surface area contributed by atoms with E-state index in [1.54, 1.807) is 6.20 Å². The molecule has 27 heavy (non-hydrogen) atoms. The van der Waals surface area contributed by atoms with Gasteiger partial charge in [0, 0.05) is 34.7 Å². The highest BCUT2D eigenvalue weighted by Crippen LogP contribution is 2.27. The summed E-state index contributed by atoms with van der Waals surface area (Å²) in [4.78, 5) is 39.3. The predicted octanol–water partition coefficient (Wildman–Crippen LogP) is 3.50. The van der Waals surface area contributed by atoms with Crippen LogP contribution in [0.1, 0.15) is 45.1 Å². The van der Waals surface area contributed by atoms with Crippen LogP contribution in [0.25, 0.3) is 0 Å². The molecule has 0 aromatic carbocycles. The van der Waals surface area contributed by atoms with E-state index in [2.05, 4.69) is 4.98 Å². The first kappa shape index (κ1) is 20.3. The third kappa shape index (κ3) is 5.00. The Morgan fingerprint density at radius 1 is 1.11 bits per heavy atom. The molecule has 0 bridgehead atoms. The summed E-state index contributed by atoms with van der Waals surface area (Å²) < 4.78 is 0. The molecule has 1 aromatic heterocycles. The number of Topliss-reactive ketones (excluding diaryl/α,β-unsaturated/α-hetero) is 2. The number of pyridine rings is 1. The van der Waals surface area contributed by atoms with Gasteiger partial charge in [0.15, 0.2) is 0 Å². The van der Waals surface area contributed by atoms with Gasteiger partial charge in [0.05, 0.1) is 0 Å². The summed E-state index contributed by atoms with van der Waals surface area (Å²) in [5.74, 6) is -2.89. The monoisotopic (exact) mass is 369 g/mol. The highest BCUT2D eigenvalue weighted by Gasteiger charge is 2.30. The molecule has 2 N–H and O–H groups in total. The standard InChI is InChI=1S/C21H23NO5/c1-13-17(18(23)14(2)20(25)19(13)24)11-16(21(26)27)9-5-3-4-7-15-8-6-10-22-12-15/h6,8,10-12,23H,3-5,7,9H2,1-2H3,(H,26,27)/b16-11+. The maximum absolute atomic E-state index is 11.9. The number of rotatable bonds is 8. The van der Waals surface area contributed by atoms with E-state index in [1.807, 2.05) is 18.3 Å². The maximum Gasteiger partial charge on any atom is 0.331 e. The molecule has 2 rings (SSSR count). The van der Waals surface area contributed by atoms with Crippen molar-refractivity contribution in [1.29, 1.82) is 0 Å². The van der Waals surface area contributed by atoms with Gasteiger partial charge < -0.3 is 10.2 Å². The Bertz CT molecular complexity index is 847. The number of aliphatic carboxylic acids is 1. The summed E-state index contributed by atoms with van der Waals surface area (Å²) >= 11 is 0. The van der Waals surface area contributed by atoms with E-state index in [0.29, 0.717) is 12.8 Å². The third-order valence-corrected chi connectivity index (χ3v) is 4.63. The fourth-order valence-electron chi connectivity index (χ4n) is 2.91. The van der Waals surface area contributed by atoms with E-state index in [9.17, 15) is 24.6 Å². The molecule has 0 spiro atoms. The molecule has 1 aliphatic rings. The quantitative estimate of drug-likeness (QED) is 0.314. The van der Waals surface area contributed by atoms with Gasteiger partial charge in [-0.25, -0.2) is 4.79 Å². The number of carbonyl (C=O) groups excluding carboxylic acids is 2. The largest absolute Gasteiger partial charge is 0.507 e. The van der Waals surface area contributed by atoms with E-state index in [4.69, 9.17) is 0 Å². The number of aliphatic hydroxyl groups is 1. The number of unbranched alkanes of at least 4 members (excludes halogenated alkanes) is 2. The summed E-state index contributed by atoms with van der Waals surface area (Å²) in [5.41, 5.74) is 1.37. The summed E-state index contributed by atoms with van der Waals surface area (Å²) in [5, 5.41) is 19.6. The first-order valence-electron chi connectivity index (χ1n) is 8.85. The van der Waals surface area contributed by atoms with Crippen molar-refractivity contribution < 1.29 is 24.6 Å². The minimum absolute atomic E-state index is 0.0574. The molecule has 0 aliphatic heterocycles. The van der Waals surface area contributed by atoms with Crippen molar-refractivity contribution in [3.05, 3.63) is 64.2 Å². The lowest BCUT2D eigenvalue weighted by Crippen LogP contribution is -2.23. The smallest absolute Gasteiger partial charge is 0.331 e. The van der Waals surface area contributed by atoms with E-state index >= 15 is 0 Å². The molecule has 1 aliphatic carbocycles. The van der Waals surface area contributed by atoms with Gasteiger partial charge in [-0.1, -0.05) is 12.5 Å². The van der Waals surface area contributed by atoms with Crippen molar-refractivity contribution in [3.8, 4) is 0 Å². The zero-order chi connectivity index (χ0) is 20.0. The van der Waals surface area contributed by atoms with Crippen molar-refractivity contribution in [1.82, 2.24) is 4.98 Å². The number of hydrogen-bond acceptors (Lipinski definition) is 5. The zero-order valence-corrected chi connectivity index (χ0v) is 15.5. The average Bonchev–Trinajstić information content (AvgIpc) is 2.66. The number of allylic oxidation sites excluding steroid dienone is 3. The second-order valence-corrected chi connectivity index (χ2v) is 6.57. The van der Waals surface area contributed by atoms with E-state index in [-0.39, 0.29) is 28.1 Å². The third-order valence-electron chi connectivity index (χ3n) is 4.63. The molecule has 1 heterocycles. The van der Waals surface area contributed by atoms with Gasteiger partial charge in [0.1, 0.15) is 5.76 Å². The highest BCUT2D eigenvalue weighted by atomic mass is 16.4. The molecule has 0 amide bonds. The summed E-state index contributed by atoms with van der Waals surface area (Å²) in [7, 11) is 0. The average molecular weight is 369 g/mol. The molecule has 0 atom stereocenters. The molecular weight excluding hydrogens is 346 g/mol. The van der Waals surface area contributed by atoms with Crippen molar-refractivity contribution >= 4 is 17.5 Å². The fourth-order valence-corrected chi connectivity index (χ4v) is 2.91. The van der Waals surface area contributed by atoms with E-state index in [1.165, 1.54) is 19.9 Å². The number of hydrogen-bond donors (Lipinski definition) is 2. The second-order valence-electron chi connectivity index (χ2n) is 6.57. The maximum atomic E-state index is 11.9. The molecule has 0 radical (unpaired) electrons. The molecule has 6 nitrogen and oxygen atoms in total. The van der Waals surface area contributed by atoms with Crippen LogP contribution >= 0.6 is 0 Å². The number of aryl methyl sites for hydroxylation is 1. The first-order valence-corrected chi connectivity index (χ1v) is 8.85. The molecule has 142 valence electrons. The Hall–Kier alpha value is -3.02. The van der Waals surface area contributed by atoms with Crippen molar-refractivity contribution in [2.24, 2.45) is 0 Å². The van der Waals surface area contributed by atoms with Crippen molar-refractivity contribution in [3.63, 3.8) is 0 Å². The van der Waals surface area contributed by atoms with Crippen LogP contribution in [0.5, 0.6) is 0 Å². The summed E-state index contributed by atoms with van der Waals surface area (Å²) in [6, 6.07) is 3.89. The lowest BCUT2D eigenvalue weighted by atomic mass is 9.88. The predicted molar refractivity (Wildman–Crippen MR) is 100 cm³/mol. The minimum Gasteiger partial charge on any atom is -0.507 e. The minimum atomic E-state index is -1.10.